The smallest absolute Gasteiger partial charge is 0.168 e. The Balaban J connectivity index is 2.53. The summed E-state index contributed by atoms with van der Waals surface area (Å²) in [5.41, 5.74) is 1.01. The minimum Gasteiger partial charge on any atom is -0.367 e. The van der Waals surface area contributed by atoms with Gasteiger partial charge in [0.2, 0.25) is 0 Å². The molecular formula is C9H11ClO2. The maximum atomic E-state index is 8.71. The van der Waals surface area contributed by atoms with Crippen molar-refractivity contribution in [2.24, 2.45) is 0 Å². The van der Waals surface area contributed by atoms with Gasteiger partial charge in [-0.3, -0.25) is 0 Å². The lowest BCUT2D eigenvalue weighted by molar-refractivity contribution is -0.0414. The van der Waals surface area contributed by atoms with Crippen molar-refractivity contribution in [1.29, 1.82) is 0 Å². The molecule has 3 heteroatoms. The maximum Gasteiger partial charge on any atom is 0.168 e. The van der Waals surface area contributed by atoms with Gasteiger partial charge in [0.15, 0.2) is 6.29 Å². The first-order valence-corrected chi connectivity index (χ1v) is 4.18. The van der Waals surface area contributed by atoms with Crippen LogP contribution in [0.25, 0.3) is 0 Å². The summed E-state index contributed by atoms with van der Waals surface area (Å²) < 4.78 is 0. The van der Waals surface area contributed by atoms with Crippen molar-refractivity contribution in [2.45, 2.75) is 18.1 Å². The molecule has 0 aromatic heterocycles. The van der Waals surface area contributed by atoms with Crippen molar-refractivity contribution < 1.29 is 10.2 Å². The lowest BCUT2D eigenvalue weighted by Crippen LogP contribution is -2.21. The number of rotatable bonds is 3. The van der Waals surface area contributed by atoms with E-state index in [4.69, 9.17) is 21.8 Å². The van der Waals surface area contributed by atoms with Crippen LogP contribution in [-0.2, 0) is 6.42 Å². The summed E-state index contributed by atoms with van der Waals surface area (Å²) in [6.07, 6.45) is -0.980. The Labute approximate surface area is 76.4 Å². The first-order valence-electron chi connectivity index (χ1n) is 3.74. The van der Waals surface area contributed by atoms with Crippen molar-refractivity contribution in [3.8, 4) is 0 Å². The fraction of sp³-hybridized carbons (Fsp3) is 0.333. The molecule has 0 saturated heterocycles. The molecule has 1 unspecified atom stereocenters. The molecule has 1 rings (SSSR count). The second kappa shape index (κ2) is 4.45. The Bertz CT molecular complexity index is 223. The van der Waals surface area contributed by atoms with Crippen molar-refractivity contribution in [3.63, 3.8) is 0 Å². The van der Waals surface area contributed by atoms with Gasteiger partial charge in [0.1, 0.15) is 0 Å². The van der Waals surface area contributed by atoms with E-state index in [1.807, 2.05) is 30.3 Å². The summed E-state index contributed by atoms with van der Waals surface area (Å²) in [4.78, 5) is 0. The normalized spacial score (nSPS) is 13.3. The SMILES string of the molecule is OC(O)C(Cl)Cc1ccccc1. The third kappa shape index (κ3) is 2.81. The molecule has 0 saturated carbocycles. The lowest BCUT2D eigenvalue weighted by atomic mass is 10.1. The molecule has 0 bridgehead atoms. The highest BCUT2D eigenvalue weighted by molar-refractivity contribution is 6.21. The van der Waals surface area contributed by atoms with Crippen LogP contribution in [-0.4, -0.2) is 21.9 Å². The Hall–Kier alpha value is -0.570. The third-order valence-electron chi connectivity index (χ3n) is 1.60. The number of alkyl halides is 1. The summed E-state index contributed by atoms with van der Waals surface area (Å²) in [7, 11) is 0. The van der Waals surface area contributed by atoms with Gasteiger partial charge < -0.3 is 10.2 Å². The van der Waals surface area contributed by atoms with E-state index in [0.717, 1.165) is 5.56 Å². The van der Waals surface area contributed by atoms with Crippen molar-refractivity contribution >= 4 is 11.6 Å². The highest BCUT2D eigenvalue weighted by Gasteiger charge is 2.12. The minimum absolute atomic E-state index is 0.472. The third-order valence-corrected chi connectivity index (χ3v) is 1.98. The average Bonchev–Trinajstić information content (AvgIpc) is 2.06. The van der Waals surface area contributed by atoms with Crippen LogP contribution in [0.4, 0.5) is 0 Å². The zero-order valence-corrected chi connectivity index (χ0v) is 7.28. The van der Waals surface area contributed by atoms with Crippen LogP contribution in [0, 0.1) is 0 Å². The summed E-state index contributed by atoms with van der Waals surface area (Å²) >= 11 is 5.65. The average molecular weight is 187 g/mol. The molecule has 0 fully saturated rings. The predicted molar refractivity (Wildman–Crippen MR) is 48.0 cm³/mol. The van der Waals surface area contributed by atoms with Crippen LogP contribution in [0.2, 0.25) is 0 Å². The van der Waals surface area contributed by atoms with E-state index >= 15 is 0 Å². The molecule has 0 aliphatic heterocycles. The quantitative estimate of drug-likeness (QED) is 0.549. The molecule has 1 atom stereocenters. The highest BCUT2D eigenvalue weighted by Crippen LogP contribution is 2.09. The van der Waals surface area contributed by atoms with E-state index in [0.29, 0.717) is 6.42 Å². The van der Waals surface area contributed by atoms with Gasteiger partial charge >= 0.3 is 0 Å². The fourth-order valence-electron chi connectivity index (χ4n) is 0.945. The summed E-state index contributed by atoms with van der Waals surface area (Å²) in [5, 5.41) is 16.8. The largest absolute Gasteiger partial charge is 0.367 e. The second-order valence-electron chi connectivity index (χ2n) is 2.62. The van der Waals surface area contributed by atoms with Gasteiger partial charge in [0, 0.05) is 0 Å². The van der Waals surface area contributed by atoms with Crippen molar-refractivity contribution in [3.05, 3.63) is 35.9 Å². The second-order valence-corrected chi connectivity index (χ2v) is 3.18. The van der Waals surface area contributed by atoms with Gasteiger partial charge in [0.25, 0.3) is 0 Å². The molecule has 66 valence electrons. The monoisotopic (exact) mass is 186 g/mol. The van der Waals surface area contributed by atoms with E-state index in [9.17, 15) is 0 Å². The summed E-state index contributed by atoms with van der Waals surface area (Å²) in [6.45, 7) is 0. The van der Waals surface area contributed by atoms with Crippen LogP contribution in [0.3, 0.4) is 0 Å². The number of aliphatic hydroxyl groups is 2. The molecule has 0 heterocycles. The number of hydrogen-bond donors (Lipinski definition) is 2. The number of benzene rings is 1. The van der Waals surface area contributed by atoms with Gasteiger partial charge in [-0.25, -0.2) is 0 Å². The fourth-order valence-corrected chi connectivity index (χ4v) is 1.12. The maximum absolute atomic E-state index is 8.71. The Kier molecular flexibility index (Phi) is 3.53. The first-order chi connectivity index (χ1) is 5.70. The van der Waals surface area contributed by atoms with Crippen LogP contribution < -0.4 is 0 Å². The van der Waals surface area contributed by atoms with Crippen LogP contribution in [0.1, 0.15) is 5.56 Å². The number of halogens is 1. The van der Waals surface area contributed by atoms with E-state index in [2.05, 4.69) is 0 Å². The topological polar surface area (TPSA) is 40.5 Å². The van der Waals surface area contributed by atoms with Crippen LogP contribution in [0.5, 0.6) is 0 Å². The van der Waals surface area contributed by atoms with E-state index in [1.165, 1.54) is 0 Å². The van der Waals surface area contributed by atoms with E-state index < -0.39 is 11.7 Å². The molecule has 0 amide bonds. The first kappa shape index (κ1) is 9.52. The molecule has 0 aliphatic rings. The highest BCUT2D eigenvalue weighted by atomic mass is 35.5. The van der Waals surface area contributed by atoms with E-state index in [-0.39, 0.29) is 0 Å². The predicted octanol–water partition coefficient (Wildman–Crippen LogP) is 1.15. The molecule has 12 heavy (non-hydrogen) atoms. The minimum atomic E-state index is -1.45. The van der Waals surface area contributed by atoms with Crippen LogP contribution in [0.15, 0.2) is 30.3 Å². The molecular weight excluding hydrogens is 176 g/mol. The molecule has 1 aromatic rings. The Morgan fingerprint density at radius 1 is 1.17 bits per heavy atom. The Morgan fingerprint density at radius 3 is 2.25 bits per heavy atom. The van der Waals surface area contributed by atoms with Gasteiger partial charge in [-0.2, -0.15) is 0 Å². The molecule has 1 aromatic carbocycles. The van der Waals surface area contributed by atoms with Crippen molar-refractivity contribution in [2.75, 3.05) is 0 Å². The Morgan fingerprint density at radius 2 is 1.75 bits per heavy atom. The lowest BCUT2D eigenvalue weighted by Gasteiger charge is -2.10. The van der Waals surface area contributed by atoms with E-state index in [1.54, 1.807) is 0 Å². The zero-order chi connectivity index (χ0) is 8.97. The molecule has 2 N–H and O–H groups in total. The van der Waals surface area contributed by atoms with Gasteiger partial charge in [-0.05, 0) is 12.0 Å². The summed E-state index contributed by atoms with van der Waals surface area (Å²) in [6, 6.07) is 9.49. The molecule has 0 radical (unpaired) electrons. The van der Waals surface area contributed by atoms with Crippen LogP contribution >= 0.6 is 11.6 Å². The van der Waals surface area contributed by atoms with Gasteiger partial charge in [-0.15, -0.1) is 11.6 Å². The number of hydrogen-bond acceptors (Lipinski definition) is 2. The molecule has 0 spiro atoms. The standard InChI is InChI=1S/C9H11ClO2/c10-8(9(11)12)6-7-4-2-1-3-5-7/h1-5,8-9,11-12H,6H2. The zero-order valence-electron chi connectivity index (χ0n) is 6.52. The van der Waals surface area contributed by atoms with Crippen molar-refractivity contribution in [1.82, 2.24) is 0 Å². The molecule has 0 aliphatic carbocycles. The van der Waals surface area contributed by atoms with Gasteiger partial charge in [0.05, 0.1) is 5.38 Å². The number of aliphatic hydroxyl groups excluding tert-OH is 1. The molecule has 2 nitrogen and oxygen atoms in total. The summed E-state index contributed by atoms with van der Waals surface area (Å²) in [5.74, 6) is 0. The van der Waals surface area contributed by atoms with Gasteiger partial charge in [-0.1, -0.05) is 30.3 Å².